The molecule has 0 atom stereocenters. The number of rotatable bonds is 2. The monoisotopic (exact) mass is 230 g/mol. The van der Waals surface area contributed by atoms with Gasteiger partial charge in [0.2, 0.25) is 0 Å². The first kappa shape index (κ1) is 10.7. The molecule has 0 bridgehead atoms. The van der Waals surface area contributed by atoms with Crippen LogP contribution in [0.3, 0.4) is 0 Å². The zero-order valence-corrected chi connectivity index (χ0v) is 7.87. The maximum absolute atomic E-state index is 13.3. The highest BCUT2D eigenvalue weighted by atomic mass is 19.3. The van der Waals surface area contributed by atoms with Gasteiger partial charge in [0.25, 0.3) is 0 Å². The Morgan fingerprint density at radius 1 is 1.12 bits per heavy atom. The highest BCUT2D eigenvalue weighted by Gasteiger charge is 2.12. The predicted molar refractivity (Wildman–Crippen MR) is 48.8 cm³/mol. The van der Waals surface area contributed by atoms with E-state index in [0.29, 0.717) is 4.68 Å². The average Bonchev–Trinajstić information content (AvgIpc) is 2.70. The normalized spacial score (nSPS) is 11.1. The third kappa shape index (κ3) is 1.91. The zero-order chi connectivity index (χ0) is 11.7. The number of nitrogens with zero attached hydrogens (tertiary/aromatic N) is 2. The molecule has 0 unspecified atom stereocenters. The fraction of sp³-hybridized carbons (Fsp3) is 0.100. The second-order valence-corrected chi connectivity index (χ2v) is 3.08. The van der Waals surface area contributed by atoms with Crippen LogP contribution < -0.4 is 0 Å². The molecule has 1 aromatic heterocycles. The lowest BCUT2D eigenvalue weighted by Crippen LogP contribution is -1.98. The summed E-state index contributed by atoms with van der Waals surface area (Å²) in [6.07, 6.45) is 1.00. The Hall–Kier alpha value is -1.85. The smallest absolute Gasteiger partial charge is 0.211 e. The molecule has 0 radical (unpaired) electrons. The zero-order valence-electron chi connectivity index (χ0n) is 7.87. The Bertz CT molecular complexity index is 507. The van der Waals surface area contributed by atoms with Crippen molar-refractivity contribution in [2.75, 3.05) is 0 Å². The van der Waals surface area contributed by atoms with Gasteiger partial charge in [-0.2, -0.15) is 13.9 Å². The second-order valence-electron chi connectivity index (χ2n) is 3.08. The molecule has 1 aromatic carbocycles. The summed E-state index contributed by atoms with van der Waals surface area (Å²) in [5, 5.41) is 3.44. The third-order valence-electron chi connectivity index (χ3n) is 2.01. The van der Waals surface area contributed by atoms with Crippen LogP contribution in [0.1, 0.15) is 6.55 Å². The molecule has 2 aromatic rings. The molecule has 0 spiro atoms. The SMILES string of the molecule is Fc1ccc(F)c(-c2ccn(C(F)F)n2)c1. The van der Waals surface area contributed by atoms with E-state index in [9.17, 15) is 17.6 Å². The van der Waals surface area contributed by atoms with E-state index in [1.807, 2.05) is 0 Å². The molecule has 0 amide bonds. The average molecular weight is 230 g/mol. The van der Waals surface area contributed by atoms with Gasteiger partial charge in [-0.25, -0.2) is 13.5 Å². The molecule has 0 saturated heterocycles. The van der Waals surface area contributed by atoms with Crippen LogP contribution in [-0.4, -0.2) is 9.78 Å². The fourth-order valence-electron chi connectivity index (χ4n) is 1.28. The van der Waals surface area contributed by atoms with E-state index < -0.39 is 18.2 Å². The van der Waals surface area contributed by atoms with Gasteiger partial charge in [0.05, 0.1) is 5.69 Å². The summed E-state index contributed by atoms with van der Waals surface area (Å²) in [6, 6.07) is 3.98. The molecular weight excluding hydrogens is 224 g/mol. The maximum Gasteiger partial charge on any atom is 0.333 e. The first-order chi connectivity index (χ1) is 7.58. The van der Waals surface area contributed by atoms with Crippen LogP contribution in [0.4, 0.5) is 17.6 Å². The van der Waals surface area contributed by atoms with Crippen LogP contribution >= 0.6 is 0 Å². The third-order valence-corrected chi connectivity index (χ3v) is 2.01. The molecule has 0 N–H and O–H groups in total. The van der Waals surface area contributed by atoms with Gasteiger partial charge in [-0.1, -0.05) is 0 Å². The van der Waals surface area contributed by atoms with Crippen LogP contribution in [0.5, 0.6) is 0 Å². The van der Waals surface area contributed by atoms with E-state index in [1.54, 1.807) is 0 Å². The van der Waals surface area contributed by atoms with Crippen LogP contribution in [0.15, 0.2) is 30.5 Å². The number of alkyl halides is 2. The lowest BCUT2D eigenvalue weighted by atomic mass is 10.1. The minimum absolute atomic E-state index is 0.0303. The Morgan fingerprint density at radius 2 is 1.88 bits per heavy atom. The minimum atomic E-state index is -2.80. The van der Waals surface area contributed by atoms with E-state index in [2.05, 4.69) is 5.10 Å². The molecular formula is C10H6F4N2. The Kier molecular flexibility index (Phi) is 2.64. The molecule has 0 aliphatic heterocycles. The van der Waals surface area contributed by atoms with Gasteiger partial charge < -0.3 is 0 Å². The predicted octanol–water partition coefficient (Wildman–Crippen LogP) is 3.22. The molecule has 84 valence electrons. The van der Waals surface area contributed by atoms with E-state index in [-0.39, 0.29) is 11.3 Å². The molecule has 0 aliphatic rings. The molecule has 0 aliphatic carbocycles. The molecule has 2 rings (SSSR count). The van der Waals surface area contributed by atoms with Crippen LogP contribution in [-0.2, 0) is 0 Å². The van der Waals surface area contributed by atoms with Gasteiger partial charge in [-0.15, -0.1) is 0 Å². The van der Waals surface area contributed by atoms with Crippen molar-refractivity contribution in [2.45, 2.75) is 6.55 Å². The summed E-state index contributed by atoms with van der Waals surface area (Å²) in [5.41, 5.74) is -0.170. The number of benzene rings is 1. The number of hydrogen-bond donors (Lipinski definition) is 0. The van der Waals surface area contributed by atoms with E-state index in [4.69, 9.17) is 0 Å². The fourth-order valence-corrected chi connectivity index (χ4v) is 1.28. The van der Waals surface area contributed by atoms with Crippen LogP contribution in [0.2, 0.25) is 0 Å². The van der Waals surface area contributed by atoms with Crippen LogP contribution in [0.25, 0.3) is 11.3 Å². The van der Waals surface area contributed by atoms with Gasteiger partial charge in [-0.3, -0.25) is 0 Å². The Morgan fingerprint density at radius 3 is 2.50 bits per heavy atom. The summed E-state index contributed by atoms with van der Waals surface area (Å²) in [5.74, 6) is -1.36. The summed E-state index contributed by atoms with van der Waals surface area (Å²) < 4.78 is 50.9. The molecule has 16 heavy (non-hydrogen) atoms. The van der Waals surface area contributed by atoms with Gasteiger partial charge >= 0.3 is 6.55 Å². The van der Waals surface area contributed by atoms with Crippen LogP contribution in [0, 0.1) is 11.6 Å². The van der Waals surface area contributed by atoms with Crippen molar-refractivity contribution in [3.63, 3.8) is 0 Å². The first-order valence-electron chi connectivity index (χ1n) is 4.36. The molecule has 1 heterocycles. The van der Waals surface area contributed by atoms with Gasteiger partial charge in [-0.05, 0) is 24.3 Å². The molecule has 6 heteroatoms. The van der Waals surface area contributed by atoms with Gasteiger partial charge in [0.15, 0.2) is 0 Å². The summed E-state index contributed by atoms with van der Waals surface area (Å²) >= 11 is 0. The van der Waals surface area contributed by atoms with E-state index in [0.717, 1.165) is 24.4 Å². The summed E-state index contributed by atoms with van der Waals surface area (Å²) in [6.45, 7) is -2.80. The van der Waals surface area contributed by atoms with Crippen molar-refractivity contribution in [3.8, 4) is 11.3 Å². The number of aromatic nitrogens is 2. The molecule has 0 saturated carbocycles. The van der Waals surface area contributed by atoms with Crippen molar-refractivity contribution in [1.82, 2.24) is 9.78 Å². The van der Waals surface area contributed by atoms with E-state index >= 15 is 0 Å². The lowest BCUT2D eigenvalue weighted by molar-refractivity contribution is 0.0568. The van der Waals surface area contributed by atoms with Crippen molar-refractivity contribution < 1.29 is 17.6 Å². The topological polar surface area (TPSA) is 17.8 Å². The largest absolute Gasteiger partial charge is 0.333 e. The maximum atomic E-state index is 13.3. The highest BCUT2D eigenvalue weighted by Crippen LogP contribution is 2.23. The summed E-state index contributed by atoms with van der Waals surface area (Å²) in [7, 11) is 0. The standard InChI is InChI=1S/C10H6F4N2/c11-6-1-2-8(12)7(5-6)9-3-4-16(15-9)10(13)14/h1-5,10H. The lowest BCUT2D eigenvalue weighted by Gasteiger charge is -2.00. The molecule has 0 fully saturated rings. The van der Waals surface area contributed by atoms with Crippen molar-refractivity contribution >= 4 is 0 Å². The van der Waals surface area contributed by atoms with Gasteiger partial charge in [0.1, 0.15) is 11.6 Å². The first-order valence-corrected chi connectivity index (χ1v) is 4.36. The van der Waals surface area contributed by atoms with Gasteiger partial charge in [0, 0.05) is 11.8 Å². The minimum Gasteiger partial charge on any atom is -0.211 e. The number of hydrogen-bond acceptors (Lipinski definition) is 1. The quantitative estimate of drug-likeness (QED) is 0.724. The second kappa shape index (κ2) is 3.96. The number of halogens is 4. The van der Waals surface area contributed by atoms with Crippen molar-refractivity contribution in [1.29, 1.82) is 0 Å². The van der Waals surface area contributed by atoms with Crippen molar-refractivity contribution in [3.05, 3.63) is 42.1 Å². The molecule has 2 nitrogen and oxygen atoms in total. The van der Waals surface area contributed by atoms with E-state index in [1.165, 1.54) is 6.07 Å². The Labute approximate surface area is 88.1 Å². The highest BCUT2D eigenvalue weighted by molar-refractivity contribution is 5.59. The van der Waals surface area contributed by atoms with Crippen molar-refractivity contribution in [2.24, 2.45) is 0 Å². The summed E-state index contributed by atoms with van der Waals surface area (Å²) in [4.78, 5) is 0. The Balaban J connectivity index is 2.46.